The van der Waals surface area contributed by atoms with Gasteiger partial charge in [0.15, 0.2) is 0 Å². The van der Waals surface area contributed by atoms with Crippen LogP contribution in [0.3, 0.4) is 0 Å². The van der Waals surface area contributed by atoms with E-state index >= 15 is 0 Å². The normalized spacial score (nSPS) is 10.9. The summed E-state index contributed by atoms with van der Waals surface area (Å²) in [5, 5.41) is 17.8. The van der Waals surface area contributed by atoms with Crippen LogP contribution in [-0.4, -0.2) is 16.8 Å². The third-order valence-electron chi connectivity index (χ3n) is 1.86. The standard InChI is InChI=1S/C11H14O2/c1-9-5-6-11(13)8-10(9)4-2-3-7-12/h2,4-6,8,12-13H,3,7H2,1H3. The number of aryl methyl sites for hydroxylation is 1. The van der Waals surface area contributed by atoms with E-state index in [9.17, 15) is 5.11 Å². The number of phenols is 1. The van der Waals surface area contributed by atoms with Crippen molar-refractivity contribution in [3.8, 4) is 5.75 Å². The lowest BCUT2D eigenvalue weighted by Crippen LogP contribution is -1.80. The van der Waals surface area contributed by atoms with E-state index in [1.807, 2.05) is 25.1 Å². The van der Waals surface area contributed by atoms with E-state index in [0.717, 1.165) is 11.1 Å². The SMILES string of the molecule is Cc1ccc(O)cc1C=CCCO. The van der Waals surface area contributed by atoms with E-state index in [1.165, 1.54) is 0 Å². The summed E-state index contributed by atoms with van der Waals surface area (Å²) in [6.07, 6.45) is 4.45. The number of aliphatic hydroxyl groups is 1. The number of rotatable bonds is 3. The molecule has 0 aliphatic heterocycles. The van der Waals surface area contributed by atoms with Crippen LogP contribution in [0.4, 0.5) is 0 Å². The number of phenolic OH excluding ortho intramolecular Hbond substituents is 1. The summed E-state index contributed by atoms with van der Waals surface area (Å²) in [4.78, 5) is 0. The zero-order chi connectivity index (χ0) is 9.68. The largest absolute Gasteiger partial charge is 0.508 e. The topological polar surface area (TPSA) is 40.5 Å². The Bertz CT molecular complexity index is 303. The van der Waals surface area contributed by atoms with Crippen LogP contribution in [0.2, 0.25) is 0 Å². The quantitative estimate of drug-likeness (QED) is 0.744. The van der Waals surface area contributed by atoms with Crippen LogP contribution in [-0.2, 0) is 0 Å². The van der Waals surface area contributed by atoms with Crippen LogP contribution in [0.1, 0.15) is 17.5 Å². The molecule has 1 rings (SSSR count). The van der Waals surface area contributed by atoms with Crippen molar-refractivity contribution in [2.75, 3.05) is 6.61 Å². The van der Waals surface area contributed by atoms with Gasteiger partial charge in [-0.25, -0.2) is 0 Å². The van der Waals surface area contributed by atoms with Gasteiger partial charge in [-0.15, -0.1) is 0 Å². The van der Waals surface area contributed by atoms with Crippen molar-refractivity contribution < 1.29 is 10.2 Å². The third kappa shape index (κ3) is 2.92. The molecular formula is C11H14O2. The second-order valence-corrected chi connectivity index (χ2v) is 2.96. The van der Waals surface area contributed by atoms with Crippen molar-refractivity contribution in [2.24, 2.45) is 0 Å². The number of benzene rings is 1. The first kappa shape index (κ1) is 9.81. The summed E-state index contributed by atoms with van der Waals surface area (Å²) >= 11 is 0. The maximum Gasteiger partial charge on any atom is 0.116 e. The molecule has 0 fully saturated rings. The summed E-state index contributed by atoms with van der Waals surface area (Å²) in [5.41, 5.74) is 2.11. The highest BCUT2D eigenvalue weighted by molar-refractivity contribution is 5.55. The van der Waals surface area contributed by atoms with Crippen LogP contribution in [0, 0.1) is 6.92 Å². The lowest BCUT2D eigenvalue weighted by Gasteiger charge is -2.00. The Morgan fingerprint density at radius 1 is 1.38 bits per heavy atom. The fraction of sp³-hybridized carbons (Fsp3) is 0.273. The fourth-order valence-corrected chi connectivity index (χ4v) is 1.09. The second kappa shape index (κ2) is 4.67. The monoisotopic (exact) mass is 178 g/mol. The van der Waals surface area contributed by atoms with E-state index in [1.54, 1.807) is 12.1 Å². The molecule has 2 heteroatoms. The minimum atomic E-state index is 0.161. The van der Waals surface area contributed by atoms with Crippen molar-refractivity contribution in [2.45, 2.75) is 13.3 Å². The van der Waals surface area contributed by atoms with Crippen molar-refractivity contribution in [1.29, 1.82) is 0 Å². The molecule has 0 heterocycles. The molecule has 2 nitrogen and oxygen atoms in total. The third-order valence-corrected chi connectivity index (χ3v) is 1.86. The Morgan fingerprint density at radius 3 is 2.85 bits per heavy atom. The zero-order valence-electron chi connectivity index (χ0n) is 7.70. The van der Waals surface area contributed by atoms with Gasteiger partial charge in [-0.1, -0.05) is 18.2 Å². The molecule has 0 aliphatic carbocycles. The van der Waals surface area contributed by atoms with Crippen LogP contribution >= 0.6 is 0 Å². The summed E-state index contributed by atoms with van der Waals surface area (Å²) in [6, 6.07) is 5.25. The summed E-state index contributed by atoms with van der Waals surface area (Å²) in [7, 11) is 0. The van der Waals surface area contributed by atoms with Crippen molar-refractivity contribution >= 4 is 6.08 Å². The zero-order valence-corrected chi connectivity index (χ0v) is 7.70. The van der Waals surface area contributed by atoms with Gasteiger partial charge in [0.25, 0.3) is 0 Å². The molecule has 0 radical (unpaired) electrons. The van der Waals surface area contributed by atoms with Crippen LogP contribution in [0.5, 0.6) is 5.75 Å². The summed E-state index contributed by atoms with van der Waals surface area (Å²) in [5.74, 6) is 0.272. The van der Waals surface area contributed by atoms with Crippen molar-refractivity contribution in [1.82, 2.24) is 0 Å². The van der Waals surface area contributed by atoms with Gasteiger partial charge in [0.2, 0.25) is 0 Å². The Hall–Kier alpha value is -1.28. The average molecular weight is 178 g/mol. The predicted octanol–water partition coefficient (Wildman–Crippen LogP) is 2.10. The second-order valence-electron chi connectivity index (χ2n) is 2.96. The Morgan fingerprint density at radius 2 is 2.15 bits per heavy atom. The van der Waals surface area contributed by atoms with Crippen LogP contribution < -0.4 is 0 Å². The van der Waals surface area contributed by atoms with Gasteiger partial charge in [-0.05, 0) is 36.6 Å². The molecule has 0 aromatic heterocycles. The van der Waals surface area contributed by atoms with Gasteiger partial charge in [0, 0.05) is 6.61 Å². The molecule has 0 unspecified atom stereocenters. The van der Waals surface area contributed by atoms with Gasteiger partial charge in [-0.3, -0.25) is 0 Å². The predicted molar refractivity (Wildman–Crippen MR) is 53.6 cm³/mol. The van der Waals surface area contributed by atoms with Gasteiger partial charge in [0.05, 0.1) is 0 Å². The van der Waals surface area contributed by atoms with Gasteiger partial charge in [0.1, 0.15) is 5.75 Å². The first-order valence-electron chi connectivity index (χ1n) is 4.31. The maximum atomic E-state index is 9.21. The molecule has 0 amide bonds. The van der Waals surface area contributed by atoms with Crippen LogP contribution in [0.25, 0.3) is 6.08 Å². The van der Waals surface area contributed by atoms with E-state index in [0.29, 0.717) is 6.42 Å². The number of aliphatic hydroxyl groups excluding tert-OH is 1. The number of hydrogen-bond acceptors (Lipinski definition) is 2. The Balaban J connectivity index is 2.81. The minimum absolute atomic E-state index is 0.161. The highest BCUT2D eigenvalue weighted by atomic mass is 16.3. The Kier molecular flexibility index (Phi) is 3.53. The molecule has 13 heavy (non-hydrogen) atoms. The first-order valence-corrected chi connectivity index (χ1v) is 4.31. The van der Waals surface area contributed by atoms with Gasteiger partial charge >= 0.3 is 0 Å². The van der Waals surface area contributed by atoms with Crippen LogP contribution in [0.15, 0.2) is 24.3 Å². The summed E-state index contributed by atoms with van der Waals surface area (Å²) in [6.45, 7) is 2.15. The molecular weight excluding hydrogens is 164 g/mol. The lowest BCUT2D eigenvalue weighted by atomic mass is 10.1. The molecule has 0 saturated heterocycles. The number of aromatic hydroxyl groups is 1. The number of hydrogen-bond donors (Lipinski definition) is 2. The van der Waals surface area contributed by atoms with Gasteiger partial charge < -0.3 is 10.2 Å². The van der Waals surface area contributed by atoms with Crippen molar-refractivity contribution in [3.05, 3.63) is 35.4 Å². The molecule has 0 aliphatic rings. The first-order chi connectivity index (χ1) is 6.24. The highest BCUT2D eigenvalue weighted by Gasteiger charge is 1.94. The fourth-order valence-electron chi connectivity index (χ4n) is 1.09. The molecule has 0 bridgehead atoms. The molecule has 70 valence electrons. The van der Waals surface area contributed by atoms with E-state index in [2.05, 4.69) is 0 Å². The average Bonchev–Trinajstić information content (AvgIpc) is 2.11. The lowest BCUT2D eigenvalue weighted by molar-refractivity contribution is 0.303. The molecule has 0 saturated carbocycles. The van der Waals surface area contributed by atoms with Gasteiger partial charge in [-0.2, -0.15) is 0 Å². The molecule has 2 N–H and O–H groups in total. The van der Waals surface area contributed by atoms with Crippen molar-refractivity contribution in [3.63, 3.8) is 0 Å². The molecule has 0 spiro atoms. The highest BCUT2D eigenvalue weighted by Crippen LogP contribution is 2.17. The Labute approximate surface area is 78.2 Å². The van der Waals surface area contributed by atoms with E-state index < -0.39 is 0 Å². The molecule has 1 aromatic rings. The smallest absolute Gasteiger partial charge is 0.116 e. The summed E-state index contributed by atoms with van der Waals surface area (Å²) < 4.78 is 0. The van der Waals surface area contributed by atoms with E-state index in [-0.39, 0.29) is 12.4 Å². The van der Waals surface area contributed by atoms with E-state index in [4.69, 9.17) is 5.11 Å². The molecule has 0 atom stereocenters. The maximum absolute atomic E-state index is 9.21. The minimum Gasteiger partial charge on any atom is -0.508 e. The molecule has 1 aromatic carbocycles.